The van der Waals surface area contributed by atoms with Crippen molar-refractivity contribution in [2.45, 2.75) is 92.5 Å². The van der Waals surface area contributed by atoms with Gasteiger partial charge in [-0.05, 0) is 56.9 Å². The van der Waals surface area contributed by atoms with Gasteiger partial charge in [-0.1, -0.05) is 41.5 Å². The molecule has 0 radical (unpaired) electrons. The van der Waals surface area contributed by atoms with Gasteiger partial charge in [0.25, 0.3) is 0 Å². The number of fused-ring (bicyclic) bond motifs is 3. The molecule has 26 heavy (non-hydrogen) atoms. The van der Waals surface area contributed by atoms with Gasteiger partial charge in [0.15, 0.2) is 5.78 Å². The van der Waals surface area contributed by atoms with E-state index >= 15 is 0 Å². The molecule has 3 saturated heterocycles. The van der Waals surface area contributed by atoms with Crippen molar-refractivity contribution in [1.82, 2.24) is 15.5 Å². The van der Waals surface area contributed by atoms with E-state index in [1.54, 1.807) is 0 Å². The summed E-state index contributed by atoms with van der Waals surface area (Å²) in [4.78, 5) is 16.2. The van der Waals surface area contributed by atoms with E-state index in [1.807, 2.05) is 0 Å². The summed E-state index contributed by atoms with van der Waals surface area (Å²) in [6.07, 6.45) is 1.53. The monoisotopic (exact) mass is 363 g/mol. The molecule has 3 aliphatic heterocycles. The zero-order chi connectivity index (χ0) is 19.7. The number of nitrogens with one attached hydrogen (secondary N) is 2. The normalized spacial score (nSPS) is 39.0. The van der Waals surface area contributed by atoms with Crippen molar-refractivity contribution in [3.8, 4) is 0 Å². The molecular formula is C22H41N3O. The van der Waals surface area contributed by atoms with Crippen LogP contribution in [0, 0.1) is 28.6 Å². The van der Waals surface area contributed by atoms with E-state index in [9.17, 15) is 4.79 Å². The van der Waals surface area contributed by atoms with Gasteiger partial charge in [0.2, 0.25) is 0 Å². The number of carbonyl (C=O) groups is 1. The highest BCUT2D eigenvalue weighted by Crippen LogP contribution is 2.55. The van der Waals surface area contributed by atoms with Gasteiger partial charge in [0.1, 0.15) is 0 Å². The molecular weight excluding hydrogens is 322 g/mol. The fourth-order valence-electron chi connectivity index (χ4n) is 5.99. The van der Waals surface area contributed by atoms with Crippen LogP contribution >= 0.6 is 0 Å². The maximum absolute atomic E-state index is 13.7. The number of Topliss-reactive ketones (excluding diaryl/α,β-unsaturated/α-hetero) is 1. The second kappa shape index (κ2) is 6.28. The average molecular weight is 364 g/mol. The van der Waals surface area contributed by atoms with Crippen molar-refractivity contribution in [3.05, 3.63) is 0 Å². The zero-order valence-electron chi connectivity index (χ0n) is 18.4. The first-order valence-corrected chi connectivity index (χ1v) is 10.5. The summed E-state index contributed by atoms with van der Waals surface area (Å²) in [6.45, 7) is 22.3. The van der Waals surface area contributed by atoms with Gasteiger partial charge in [-0.25, -0.2) is 0 Å². The molecule has 0 aromatic rings. The topological polar surface area (TPSA) is 44.4 Å². The molecule has 0 saturated carbocycles. The number of ketones is 1. The van der Waals surface area contributed by atoms with E-state index in [2.05, 4.69) is 77.8 Å². The second-order valence-corrected chi connectivity index (χ2v) is 12.0. The Morgan fingerprint density at radius 3 is 2.12 bits per heavy atom. The number of piperidine rings is 1. The van der Waals surface area contributed by atoms with E-state index in [0.717, 1.165) is 13.1 Å². The van der Waals surface area contributed by atoms with Gasteiger partial charge in [-0.3, -0.25) is 15.0 Å². The quantitative estimate of drug-likeness (QED) is 0.750. The van der Waals surface area contributed by atoms with Crippen LogP contribution in [0.15, 0.2) is 0 Å². The van der Waals surface area contributed by atoms with E-state index < -0.39 is 0 Å². The van der Waals surface area contributed by atoms with Crippen LogP contribution in [0.25, 0.3) is 0 Å². The molecule has 4 nitrogen and oxygen atoms in total. The smallest absolute Gasteiger partial charge is 0.155 e. The van der Waals surface area contributed by atoms with Gasteiger partial charge < -0.3 is 5.32 Å². The lowest BCUT2D eigenvalue weighted by molar-refractivity contribution is -0.137. The number of hydrogen-bond donors (Lipinski definition) is 2. The predicted octanol–water partition coefficient (Wildman–Crippen LogP) is 3.27. The summed E-state index contributed by atoms with van der Waals surface area (Å²) >= 11 is 0. The minimum Gasteiger partial charge on any atom is -0.315 e. The number of carbonyl (C=O) groups excluding carboxylic acids is 1. The fraction of sp³-hybridized carbons (Fsp3) is 0.955. The van der Waals surface area contributed by atoms with Gasteiger partial charge in [0.05, 0.1) is 12.2 Å². The van der Waals surface area contributed by atoms with Crippen LogP contribution < -0.4 is 10.6 Å². The molecule has 0 spiro atoms. The Labute approximate surface area is 160 Å². The lowest BCUT2D eigenvalue weighted by atomic mass is 9.64. The van der Waals surface area contributed by atoms with Crippen molar-refractivity contribution in [3.63, 3.8) is 0 Å². The highest BCUT2D eigenvalue weighted by molar-refractivity contribution is 5.89. The Morgan fingerprint density at radius 1 is 1.00 bits per heavy atom. The van der Waals surface area contributed by atoms with Crippen molar-refractivity contribution in [2.75, 3.05) is 13.1 Å². The molecule has 0 aliphatic carbocycles. The minimum absolute atomic E-state index is 0.00617. The lowest BCUT2D eigenvalue weighted by Gasteiger charge is -2.46. The Hall–Kier alpha value is -0.450. The van der Waals surface area contributed by atoms with Crippen LogP contribution in [0.2, 0.25) is 0 Å². The molecule has 0 amide bonds. The number of hydrogen-bond acceptors (Lipinski definition) is 4. The van der Waals surface area contributed by atoms with Gasteiger partial charge in [-0.15, -0.1) is 0 Å². The van der Waals surface area contributed by atoms with E-state index in [1.165, 1.54) is 6.42 Å². The summed E-state index contributed by atoms with van der Waals surface area (Å²) in [5, 5.41) is 7.52. The van der Waals surface area contributed by atoms with E-state index in [4.69, 9.17) is 0 Å². The third kappa shape index (κ3) is 3.27. The highest BCUT2D eigenvalue weighted by Gasteiger charge is 2.64. The lowest BCUT2D eigenvalue weighted by Crippen LogP contribution is -2.60. The molecule has 3 fully saturated rings. The number of nitrogens with zero attached hydrogens (tertiary/aromatic N) is 1. The molecule has 6 atom stereocenters. The van der Waals surface area contributed by atoms with Crippen LogP contribution in [0.1, 0.15) is 68.7 Å². The Kier molecular flexibility index (Phi) is 4.90. The Bertz CT molecular complexity index is 551. The van der Waals surface area contributed by atoms with Crippen LogP contribution in [0.3, 0.4) is 0 Å². The first-order chi connectivity index (χ1) is 11.7. The highest BCUT2D eigenvalue weighted by atomic mass is 16.1. The second-order valence-electron chi connectivity index (χ2n) is 12.0. The first kappa shape index (κ1) is 20.3. The third-order valence-electron chi connectivity index (χ3n) is 6.92. The molecule has 3 heterocycles. The largest absolute Gasteiger partial charge is 0.315 e. The van der Waals surface area contributed by atoms with Crippen molar-refractivity contribution in [2.24, 2.45) is 28.6 Å². The van der Waals surface area contributed by atoms with Crippen molar-refractivity contribution >= 4 is 5.78 Å². The van der Waals surface area contributed by atoms with Crippen LogP contribution in [-0.4, -0.2) is 47.6 Å². The summed E-state index contributed by atoms with van der Waals surface area (Å²) in [7, 11) is 0. The average Bonchev–Trinajstić information content (AvgIpc) is 2.97. The summed E-state index contributed by atoms with van der Waals surface area (Å²) in [5.74, 6) is 2.03. The predicted molar refractivity (Wildman–Crippen MR) is 108 cm³/mol. The molecule has 0 aromatic carbocycles. The third-order valence-corrected chi connectivity index (χ3v) is 6.92. The molecule has 0 bridgehead atoms. The molecule has 3 aliphatic rings. The van der Waals surface area contributed by atoms with Crippen LogP contribution in [0.5, 0.6) is 0 Å². The van der Waals surface area contributed by atoms with Crippen molar-refractivity contribution in [1.29, 1.82) is 0 Å². The fourth-order valence-corrected chi connectivity index (χ4v) is 5.99. The van der Waals surface area contributed by atoms with Crippen LogP contribution in [-0.2, 0) is 4.79 Å². The molecule has 150 valence electrons. The molecule has 0 aromatic heterocycles. The minimum atomic E-state index is -0.316. The molecule has 3 rings (SSSR count). The van der Waals surface area contributed by atoms with Crippen LogP contribution in [0.4, 0.5) is 0 Å². The molecule has 6 unspecified atom stereocenters. The van der Waals surface area contributed by atoms with Crippen molar-refractivity contribution < 1.29 is 4.79 Å². The Balaban J connectivity index is 2.11. The standard InChI is InChI=1S/C22H41N3O/c1-20(2,3)16-15-13-10-11-23-12-14(13)24-19(15)25(22(7,8)9)17(16)18(26)21(4,5)6/h13-17,19,23-24H,10-12H2,1-9H3. The maximum Gasteiger partial charge on any atom is 0.155 e. The Morgan fingerprint density at radius 2 is 1.62 bits per heavy atom. The van der Waals surface area contributed by atoms with E-state index in [0.29, 0.717) is 35.7 Å². The zero-order valence-corrected chi connectivity index (χ0v) is 18.4. The summed E-state index contributed by atoms with van der Waals surface area (Å²) in [6, 6.07) is 0.535. The maximum atomic E-state index is 13.7. The van der Waals surface area contributed by atoms with Gasteiger partial charge in [-0.2, -0.15) is 0 Å². The first-order valence-electron chi connectivity index (χ1n) is 10.5. The number of rotatable bonds is 1. The summed E-state index contributed by atoms with van der Waals surface area (Å²) < 4.78 is 0. The van der Waals surface area contributed by atoms with Gasteiger partial charge in [0, 0.05) is 23.5 Å². The van der Waals surface area contributed by atoms with E-state index in [-0.39, 0.29) is 22.4 Å². The molecule has 4 heteroatoms. The number of likely N-dealkylation sites (tertiary alicyclic amines) is 1. The molecule has 2 N–H and O–H groups in total. The SMILES string of the molecule is CC(C)(C)C(=O)C1C(C(C)(C)C)C2C3CCNCC3NC2N1C(C)(C)C. The van der Waals surface area contributed by atoms with Gasteiger partial charge >= 0.3 is 0 Å². The summed E-state index contributed by atoms with van der Waals surface area (Å²) in [5.41, 5.74) is -0.248.